The molecule has 0 unspecified atom stereocenters. The van der Waals surface area contributed by atoms with E-state index in [2.05, 4.69) is 15.5 Å². The second-order valence-electron chi connectivity index (χ2n) is 6.41. The zero-order valence-electron chi connectivity index (χ0n) is 14.5. The summed E-state index contributed by atoms with van der Waals surface area (Å²) in [7, 11) is 0. The van der Waals surface area contributed by atoms with Crippen LogP contribution < -0.4 is 21.3 Å². The molecule has 3 rings (SSSR count). The minimum atomic E-state index is -0.356. The average Bonchev–Trinajstić information content (AvgIpc) is 2.93. The largest absolute Gasteiger partial charge is 0.368 e. The van der Waals surface area contributed by atoms with Crippen molar-refractivity contribution < 1.29 is 9.59 Å². The Hall–Kier alpha value is -1.54. The second kappa shape index (κ2) is 8.90. The van der Waals surface area contributed by atoms with Gasteiger partial charge in [0, 0.05) is 24.7 Å². The Balaban J connectivity index is 1.82. The third kappa shape index (κ3) is 4.59. The van der Waals surface area contributed by atoms with E-state index in [1.54, 1.807) is 6.08 Å². The highest BCUT2D eigenvalue weighted by molar-refractivity contribution is 8.18. The van der Waals surface area contributed by atoms with Crippen LogP contribution >= 0.6 is 23.4 Å². The molecule has 0 radical (unpaired) electrons. The molecule has 0 aliphatic carbocycles. The molecule has 2 aliphatic heterocycles. The Bertz CT molecular complexity index is 725. The first-order valence-corrected chi connectivity index (χ1v) is 9.99. The number of nitrogens with two attached hydrogens (primary N) is 1. The van der Waals surface area contributed by atoms with Crippen LogP contribution in [0.5, 0.6) is 0 Å². The number of anilines is 1. The molecule has 1 aromatic carbocycles. The highest BCUT2D eigenvalue weighted by atomic mass is 35.5. The van der Waals surface area contributed by atoms with Gasteiger partial charge in [0.05, 0.1) is 15.6 Å². The Labute approximate surface area is 162 Å². The van der Waals surface area contributed by atoms with E-state index in [0.29, 0.717) is 22.5 Å². The first-order valence-electron chi connectivity index (χ1n) is 8.80. The van der Waals surface area contributed by atoms with Crippen molar-refractivity contribution in [3.05, 3.63) is 33.7 Å². The van der Waals surface area contributed by atoms with Crippen molar-refractivity contribution in [2.75, 3.05) is 31.1 Å². The van der Waals surface area contributed by atoms with Gasteiger partial charge in [0.25, 0.3) is 11.1 Å². The summed E-state index contributed by atoms with van der Waals surface area (Å²) in [4.78, 5) is 25.9. The molecule has 2 fully saturated rings. The lowest BCUT2D eigenvalue weighted by Gasteiger charge is -2.36. The minimum Gasteiger partial charge on any atom is -0.368 e. The lowest BCUT2D eigenvalue weighted by molar-refractivity contribution is -0.115. The molecule has 2 saturated heterocycles. The molecular weight excluding hydrogens is 372 g/mol. The number of halogens is 1. The third-order valence-corrected chi connectivity index (χ3v) is 5.61. The number of para-hydroxylation sites is 1. The van der Waals surface area contributed by atoms with Gasteiger partial charge < -0.3 is 16.0 Å². The number of rotatable bonds is 6. The number of hydrogen-bond donors (Lipinski definition) is 3. The minimum absolute atomic E-state index is 0.341. The first-order chi connectivity index (χ1) is 12.6. The van der Waals surface area contributed by atoms with E-state index in [1.807, 2.05) is 18.2 Å². The highest BCUT2D eigenvalue weighted by Crippen LogP contribution is 2.35. The van der Waals surface area contributed by atoms with Crippen molar-refractivity contribution in [1.82, 2.24) is 10.6 Å². The van der Waals surface area contributed by atoms with E-state index < -0.39 is 0 Å². The van der Waals surface area contributed by atoms with Gasteiger partial charge in [-0.05, 0) is 56.3 Å². The van der Waals surface area contributed by atoms with Crippen LogP contribution in [0.2, 0.25) is 5.02 Å². The van der Waals surface area contributed by atoms with Crippen molar-refractivity contribution in [1.29, 1.82) is 0 Å². The van der Waals surface area contributed by atoms with E-state index in [4.69, 9.17) is 17.3 Å². The summed E-state index contributed by atoms with van der Waals surface area (Å²) < 4.78 is 0. The van der Waals surface area contributed by atoms with Gasteiger partial charge >= 0.3 is 0 Å². The second-order valence-corrected chi connectivity index (χ2v) is 7.83. The van der Waals surface area contributed by atoms with Crippen LogP contribution in [0.25, 0.3) is 6.08 Å². The molecule has 0 aromatic heterocycles. The normalized spacial score (nSPS) is 22.2. The van der Waals surface area contributed by atoms with Gasteiger partial charge in [-0.3, -0.25) is 14.9 Å². The summed E-state index contributed by atoms with van der Waals surface area (Å²) in [6.45, 7) is 3.35. The van der Waals surface area contributed by atoms with Gasteiger partial charge in [0.2, 0.25) is 0 Å². The SMILES string of the molecule is NCCCN[C@@H]1CCCN(c2c(Cl)cccc2C=C2SC(=O)NC2=O)C1. The maximum atomic E-state index is 11.9. The predicted molar refractivity (Wildman–Crippen MR) is 107 cm³/mol. The van der Waals surface area contributed by atoms with E-state index in [0.717, 1.165) is 61.9 Å². The number of nitrogens with one attached hydrogen (secondary N) is 2. The van der Waals surface area contributed by atoms with Crippen LogP contribution in [0, 0.1) is 0 Å². The summed E-state index contributed by atoms with van der Waals surface area (Å²) in [5, 5.41) is 6.15. The van der Waals surface area contributed by atoms with Gasteiger partial charge in [0.1, 0.15) is 0 Å². The predicted octanol–water partition coefficient (Wildman–Crippen LogP) is 2.57. The molecule has 0 spiro atoms. The summed E-state index contributed by atoms with van der Waals surface area (Å²) >= 11 is 7.43. The van der Waals surface area contributed by atoms with E-state index >= 15 is 0 Å². The van der Waals surface area contributed by atoms with Crippen LogP contribution in [0.3, 0.4) is 0 Å². The maximum absolute atomic E-state index is 11.9. The topological polar surface area (TPSA) is 87.5 Å². The molecule has 2 aliphatic rings. The number of nitrogens with zero attached hydrogens (tertiary/aromatic N) is 1. The number of thioether (sulfide) groups is 1. The summed E-state index contributed by atoms with van der Waals surface area (Å²) in [5.74, 6) is -0.356. The molecule has 2 amide bonds. The third-order valence-electron chi connectivity index (χ3n) is 4.50. The molecule has 140 valence electrons. The lowest BCUT2D eigenvalue weighted by atomic mass is 10.0. The Morgan fingerprint density at radius 1 is 1.42 bits per heavy atom. The summed E-state index contributed by atoms with van der Waals surface area (Å²) in [5.41, 5.74) is 7.34. The van der Waals surface area contributed by atoms with E-state index in [9.17, 15) is 9.59 Å². The van der Waals surface area contributed by atoms with Crippen LogP contribution in [-0.4, -0.2) is 43.4 Å². The Morgan fingerprint density at radius 3 is 3.00 bits per heavy atom. The van der Waals surface area contributed by atoms with E-state index in [1.165, 1.54) is 0 Å². The molecule has 1 atom stereocenters. The molecule has 8 heteroatoms. The number of hydrogen-bond acceptors (Lipinski definition) is 6. The van der Waals surface area contributed by atoms with Gasteiger partial charge in [-0.1, -0.05) is 23.7 Å². The van der Waals surface area contributed by atoms with Gasteiger partial charge in [-0.25, -0.2) is 0 Å². The summed E-state index contributed by atoms with van der Waals surface area (Å²) in [6.07, 6.45) is 4.89. The molecule has 2 heterocycles. The monoisotopic (exact) mass is 394 g/mol. The lowest BCUT2D eigenvalue weighted by Crippen LogP contribution is -2.46. The zero-order valence-corrected chi connectivity index (χ0v) is 16.0. The molecule has 6 nitrogen and oxygen atoms in total. The van der Waals surface area contributed by atoms with Crippen molar-refractivity contribution >= 4 is 46.3 Å². The van der Waals surface area contributed by atoms with Crippen molar-refractivity contribution in [2.45, 2.75) is 25.3 Å². The number of benzene rings is 1. The molecular formula is C18H23ClN4O2S. The molecule has 1 aromatic rings. The van der Waals surface area contributed by atoms with Gasteiger partial charge in [-0.2, -0.15) is 0 Å². The Kier molecular flexibility index (Phi) is 6.58. The van der Waals surface area contributed by atoms with Gasteiger partial charge in [-0.15, -0.1) is 0 Å². The number of carbonyl (C=O) groups is 2. The fraction of sp³-hybridized carbons (Fsp3) is 0.444. The zero-order chi connectivity index (χ0) is 18.5. The maximum Gasteiger partial charge on any atom is 0.290 e. The van der Waals surface area contributed by atoms with Crippen LogP contribution in [-0.2, 0) is 4.79 Å². The quantitative estimate of drug-likeness (QED) is 0.507. The first kappa shape index (κ1) is 19.2. The van der Waals surface area contributed by atoms with Crippen LogP contribution in [0.1, 0.15) is 24.8 Å². The fourth-order valence-corrected chi connectivity index (χ4v) is 4.27. The fourth-order valence-electron chi connectivity index (χ4n) is 3.30. The number of piperidine rings is 1. The molecule has 0 saturated carbocycles. The van der Waals surface area contributed by atoms with Crippen molar-refractivity contribution in [3.8, 4) is 0 Å². The van der Waals surface area contributed by atoms with Crippen LogP contribution in [0.4, 0.5) is 10.5 Å². The highest BCUT2D eigenvalue weighted by Gasteiger charge is 2.27. The summed E-state index contributed by atoms with van der Waals surface area (Å²) in [6, 6.07) is 6.03. The van der Waals surface area contributed by atoms with Crippen molar-refractivity contribution in [3.63, 3.8) is 0 Å². The van der Waals surface area contributed by atoms with Crippen LogP contribution in [0.15, 0.2) is 23.1 Å². The molecule has 0 bridgehead atoms. The number of amides is 2. The van der Waals surface area contributed by atoms with Gasteiger partial charge in [0.15, 0.2) is 0 Å². The average molecular weight is 395 g/mol. The standard InChI is InChI=1S/C18H23ClN4O2S/c19-14-6-1-4-12(10-15-17(24)22-18(25)26-15)16(14)23-9-2-5-13(11-23)21-8-3-7-20/h1,4,6,10,13,21H,2-3,5,7-9,11,20H2,(H,22,24,25)/t13-/m1/s1. The number of carbonyl (C=O) groups excluding carboxylic acids is 2. The molecule has 26 heavy (non-hydrogen) atoms. The molecule has 4 N–H and O–H groups in total. The number of imide groups is 1. The van der Waals surface area contributed by atoms with Crippen molar-refractivity contribution in [2.24, 2.45) is 5.73 Å². The smallest absolute Gasteiger partial charge is 0.290 e. The Morgan fingerprint density at radius 2 is 2.27 bits per heavy atom. The van der Waals surface area contributed by atoms with E-state index in [-0.39, 0.29) is 11.1 Å².